The molecule has 0 saturated heterocycles. The second kappa shape index (κ2) is 6.67. The van der Waals surface area contributed by atoms with Gasteiger partial charge in [-0.05, 0) is 30.9 Å². The summed E-state index contributed by atoms with van der Waals surface area (Å²) < 4.78 is 0. The van der Waals surface area contributed by atoms with E-state index < -0.39 is 0 Å². The van der Waals surface area contributed by atoms with E-state index in [0.29, 0.717) is 12.0 Å². The summed E-state index contributed by atoms with van der Waals surface area (Å²) in [5, 5.41) is 4.81. The lowest BCUT2D eigenvalue weighted by Gasteiger charge is -2.12. The second-order valence-electron chi connectivity index (χ2n) is 6.09. The molecule has 2 aromatic rings. The molecule has 1 aliphatic carbocycles. The highest BCUT2D eigenvalue weighted by molar-refractivity contribution is 7.15. The van der Waals surface area contributed by atoms with Crippen molar-refractivity contribution in [3.63, 3.8) is 0 Å². The molecule has 1 saturated carbocycles. The first-order valence-electron chi connectivity index (χ1n) is 7.87. The molecule has 0 aliphatic heterocycles. The van der Waals surface area contributed by atoms with Crippen LogP contribution in [0.4, 0.5) is 0 Å². The van der Waals surface area contributed by atoms with Crippen molar-refractivity contribution in [2.24, 2.45) is 0 Å². The van der Waals surface area contributed by atoms with Crippen LogP contribution in [0.25, 0.3) is 10.6 Å². The number of nitrogens with one attached hydrogen (secondary N) is 1. The Bertz CT molecular complexity index is 571. The minimum atomic E-state index is 0.465. The van der Waals surface area contributed by atoms with E-state index in [-0.39, 0.29) is 0 Å². The summed E-state index contributed by atoms with van der Waals surface area (Å²) >= 11 is 1.81. The average molecular weight is 301 g/mol. The maximum absolute atomic E-state index is 4.86. The molecule has 0 spiro atoms. The fourth-order valence-corrected chi connectivity index (χ4v) is 4.08. The van der Waals surface area contributed by atoms with Crippen LogP contribution in [0.15, 0.2) is 24.5 Å². The van der Waals surface area contributed by atoms with Crippen LogP contribution in [0.3, 0.4) is 0 Å². The second-order valence-corrected chi connectivity index (χ2v) is 7.17. The molecule has 1 N–H and O–H groups in total. The molecule has 1 aliphatic rings. The predicted octanol–water partition coefficient (Wildman–Crippen LogP) is 4.36. The molecule has 4 heteroatoms. The topological polar surface area (TPSA) is 37.8 Å². The first-order valence-corrected chi connectivity index (χ1v) is 8.69. The van der Waals surface area contributed by atoms with Gasteiger partial charge in [-0.3, -0.25) is 4.98 Å². The first-order chi connectivity index (χ1) is 10.2. The molecule has 3 rings (SSSR count). The van der Waals surface area contributed by atoms with Crippen LogP contribution in [0.2, 0.25) is 0 Å². The van der Waals surface area contributed by atoms with Crippen LogP contribution >= 0.6 is 11.3 Å². The summed E-state index contributed by atoms with van der Waals surface area (Å²) in [6.45, 7) is 5.40. The maximum atomic E-state index is 4.86. The number of pyridine rings is 1. The number of aromatic nitrogens is 2. The van der Waals surface area contributed by atoms with Gasteiger partial charge in [0.05, 0.1) is 5.69 Å². The zero-order chi connectivity index (χ0) is 14.7. The van der Waals surface area contributed by atoms with Gasteiger partial charge in [0.2, 0.25) is 0 Å². The van der Waals surface area contributed by atoms with Gasteiger partial charge in [0.25, 0.3) is 0 Å². The van der Waals surface area contributed by atoms with E-state index in [0.717, 1.165) is 17.1 Å². The van der Waals surface area contributed by atoms with Crippen LogP contribution in [0.1, 0.15) is 56.0 Å². The smallest absolute Gasteiger partial charge is 0.125 e. The van der Waals surface area contributed by atoms with Crippen molar-refractivity contribution >= 4 is 11.3 Å². The summed E-state index contributed by atoms with van der Waals surface area (Å²) in [5.41, 5.74) is 2.36. The lowest BCUT2D eigenvalue weighted by molar-refractivity contribution is 0.524. The molecular formula is C17H23N3S. The quantitative estimate of drug-likeness (QED) is 0.891. The van der Waals surface area contributed by atoms with E-state index in [4.69, 9.17) is 4.98 Å². The Morgan fingerprint density at radius 3 is 2.81 bits per heavy atom. The van der Waals surface area contributed by atoms with Gasteiger partial charge in [-0.15, -0.1) is 11.3 Å². The number of rotatable bonds is 5. The molecule has 112 valence electrons. The third-order valence-corrected chi connectivity index (χ3v) is 5.21. The molecule has 1 fully saturated rings. The molecule has 0 unspecified atom stereocenters. The number of hydrogen-bond acceptors (Lipinski definition) is 4. The Morgan fingerprint density at radius 1 is 1.33 bits per heavy atom. The zero-order valence-electron chi connectivity index (χ0n) is 12.8. The number of thiazole rings is 1. The van der Waals surface area contributed by atoms with Crippen LogP contribution in [0.5, 0.6) is 0 Å². The van der Waals surface area contributed by atoms with E-state index in [1.165, 1.54) is 36.3 Å². The van der Waals surface area contributed by atoms with Gasteiger partial charge in [0.1, 0.15) is 5.01 Å². The van der Waals surface area contributed by atoms with Crippen molar-refractivity contribution in [1.82, 2.24) is 15.3 Å². The van der Waals surface area contributed by atoms with Crippen molar-refractivity contribution in [3.8, 4) is 10.6 Å². The fourth-order valence-electron chi connectivity index (χ4n) is 2.92. The van der Waals surface area contributed by atoms with Crippen molar-refractivity contribution in [3.05, 3.63) is 35.1 Å². The van der Waals surface area contributed by atoms with Crippen LogP contribution < -0.4 is 5.32 Å². The van der Waals surface area contributed by atoms with Crippen molar-refractivity contribution in [1.29, 1.82) is 0 Å². The Balaban J connectivity index is 1.79. The Morgan fingerprint density at radius 2 is 2.14 bits per heavy atom. The molecule has 2 heterocycles. The number of hydrogen-bond donors (Lipinski definition) is 1. The molecular weight excluding hydrogens is 278 g/mol. The highest BCUT2D eigenvalue weighted by Crippen LogP contribution is 2.31. The average Bonchev–Trinajstić information content (AvgIpc) is 3.15. The van der Waals surface area contributed by atoms with E-state index in [9.17, 15) is 0 Å². The summed E-state index contributed by atoms with van der Waals surface area (Å²) in [6.07, 6.45) is 9.10. The Kier molecular flexibility index (Phi) is 4.66. The predicted molar refractivity (Wildman–Crippen MR) is 88.5 cm³/mol. The largest absolute Gasteiger partial charge is 0.309 e. The molecule has 0 bridgehead atoms. The highest BCUT2D eigenvalue weighted by Gasteiger charge is 2.18. The standard InChI is InChI=1S/C17H23N3S/c1-12(2)16-15(11-19-14-7-3-4-8-14)21-17(20-16)13-6-5-9-18-10-13/h5-6,9-10,12,14,19H,3-4,7-8,11H2,1-2H3. The fraction of sp³-hybridized carbons (Fsp3) is 0.529. The van der Waals surface area contributed by atoms with Gasteiger partial charge in [-0.1, -0.05) is 26.7 Å². The summed E-state index contributed by atoms with van der Waals surface area (Å²) in [6, 6.07) is 4.76. The summed E-state index contributed by atoms with van der Waals surface area (Å²) in [5.74, 6) is 0.465. The molecule has 0 amide bonds. The van der Waals surface area contributed by atoms with Gasteiger partial charge < -0.3 is 5.32 Å². The lowest BCUT2D eigenvalue weighted by Crippen LogP contribution is -2.25. The number of nitrogens with zero attached hydrogens (tertiary/aromatic N) is 2. The highest BCUT2D eigenvalue weighted by atomic mass is 32.1. The van der Waals surface area contributed by atoms with Gasteiger partial charge in [0.15, 0.2) is 0 Å². The van der Waals surface area contributed by atoms with Crippen molar-refractivity contribution in [2.45, 2.75) is 58.0 Å². The molecule has 0 atom stereocenters. The van der Waals surface area contributed by atoms with Crippen molar-refractivity contribution < 1.29 is 0 Å². The third kappa shape index (κ3) is 3.50. The molecule has 2 aromatic heterocycles. The first kappa shape index (κ1) is 14.7. The van der Waals surface area contributed by atoms with Gasteiger partial charge in [0, 0.05) is 35.4 Å². The minimum absolute atomic E-state index is 0.465. The van der Waals surface area contributed by atoms with E-state index in [2.05, 4.69) is 30.2 Å². The van der Waals surface area contributed by atoms with Crippen LogP contribution in [-0.4, -0.2) is 16.0 Å². The van der Waals surface area contributed by atoms with E-state index >= 15 is 0 Å². The maximum Gasteiger partial charge on any atom is 0.125 e. The zero-order valence-corrected chi connectivity index (χ0v) is 13.6. The van der Waals surface area contributed by atoms with Gasteiger partial charge in [-0.2, -0.15) is 0 Å². The van der Waals surface area contributed by atoms with Crippen LogP contribution in [-0.2, 0) is 6.54 Å². The van der Waals surface area contributed by atoms with Gasteiger partial charge in [-0.25, -0.2) is 4.98 Å². The molecule has 0 aromatic carbocycles. The third-order valence-electron chi connectivity index (χ3n) is 4.09. The van der Waals surface area contributed by atoms with E-state index in [1.807, 2.05) is 29.8 Å². The minimum Gasteiger partial charge on any atom is -0.309 e. The normalized spacial score (nSPS) is 16.0. The van der Waals surface area contributed by atoms with E-state index in [1.54, 1.807) is 0 Å². The molecule has 3 nitrogen and oxygen atoms in total. The molecule has 0 radical (unpaired) electrons. The summed E-state index contributed by atoms with van der Waals surface area (Å²) in [4.78, 5) is 10.5. The van der Waals surface area contributed by atoms with Gasteiger partial charge >= 0.3 is 0 Å². The lowest BCUT2D eigenvalue weighted by atomic mass is 10.1. The Hall–Kier alpha value is -1.26. The van der Waals surface area contributed by atoms with Crippen LogP contribution in [0, 0.1) is 0 Å². The Labute approximate surface area is 130 Å². The monoisotopic (exact) mass is 301 g/mol. The molecule has 21 heavy (non-hydrogen) atoms. The SMILES string of the molecule is CC(C)c1nc(-c2cccnc2)sc1CNC1CCCC1. The van der Waals surface area contributed by atoms with Crippen molar-refractivity contribution in [2.75, 3.05) is 0 Å². The summed E-state index contributed by atoms with van der Waals surface area (Å²) in [7, 11) is 0.